The van der Waals surface area contributed by atoms with Crippen LogP contribution in [0.15, 0.2) is 66.7 Å². The van der Waals surface area contributed by atoms with E-state index in [4.69, 9.17) is 27.2 Å². The van der Waals surface area contributed by atoms with Crippen molar-refractivity contribution in [3.63, 3.8) is 0 Å². The standard InChI is InChI=1S/C24H22ClF3N2O3/c25-20-13-18(30-23(32)21(29)14-31)12-19(24(26,27)28)22(20)33-11-10-15-6-8-17(9-7-15)16-4-2-1-3-5-16/h1-9,12-13,21,31H,10-11,14,29H2,(H,30,32)/t21-/m0/s1. The first-order valence-corrected chi connectivity index (χ1v) is 10.4. The van der Waals surface area contributed by atoms with Crippen LogP contribution in [-0.4, -0.2) is 30.3 Å². The van der Waals surface area contributed by atoms with Crippen LogP contribution in [0.25, 0.3) is 11.1 Å². The summed E-state index contributed by atoms with van der Waals surface area (Å²) in [5, 5.41) is 10.8. The van der Waals surface area contributed by atoms with E-state index in [1.54, 1.807) is 0 Å². The summed E-state index contributed by atoms with van der Waals surface area (Å²) in [7, 11) is 0. The van der Waals surface area contributed by atoms with Gasteiger partial charge in [0.05, 0.1) is 18.2 Å². The Morgan fingerprint density at radius 3 is 2.30 bits per heavy atom. The van der Waals surface area contributed by atoms with Crippen LogP contribution in [0.1, 0.15) is 11.1 Å². The number of benzene rings is 3. The number of aliphatic hydroxyl groups is 1. The van der Waals surface area contributed by atoms with Crippen LogP contribution in [0.2, 0.25) is 5.02 Å². The van der Waals surface area contributed by atoms with Gasteiger partial charge in [-0.1, -0.05) is 66.2 Å². The average Bonchev–Trinajstić information content (AvgIpc) is 2.80. The Morgan fingerprint density at radius 2 is 1.70 bits per heavy atom. The van der Waals surface area contributed by atoms with Crippen LogP contribution in [0.5, 0.6) is 5.75 Å². The van der Waals surface area contributed by atoms with E-state index in [0.29, 0.717) is 6.42 Å². The Morgan fingerprint density at radius 1 is 1.06 bits per heavy atom. The van der Waals surface area contributed by atoms with Gasteiger partial charge in [0.15, 0.2) is 0 Å². The number of carbonyl (C=O) groups excluding carboxylic acids is 1. The van der Waals surface area contributed by atoms with Crippen molar-refractivity contribution < 1.29 is 27.8 Å². The fourth-order valence-corrected chi connectivity index (χ4v) is 3.38. The number of ether oxygens (including phenoxy) is 1. The zero-order chi connectivity index (χ0) is 24.0. The number of alkyl halides is 3. The van der Waals surface area contributed by atoms with E-state index < -0.39 is 36.0 Å². The highest BCUT2D eigenvalue weighted by Crippen LogP contribution is 2.42. The number of nitrogens with one attached hydrogen (secondary N) is 1. The minimum absolute atomic E-state index is 0.0332. The van der Waals surface area contributed by atoms with E-state index in [9.17, 15) is 18.0 Å². The number of amides is 1. The van der Waals surface area contributed by atoms with E-state index in [2.05, 4.69) is 5.32 Å². The third-order valence-electron chi connectivity index (χ3n) is 4.85. The Kier molecular flexibility index (Phi) is 7.97. The molecule has 4 N–H and O–H groups in total. The Bertz CT molecular complexity index is 1090. The molecule has 5 nitrogen and oxygen atoms in total. The molecule has 0 aromatic heterocycles. The van der Waals surface area contributed by atoms with E-state index in [-0.39, 0.29) is 17.3 Å². The van der Waals surface area contributed by atoms with Gasteiger partial charge in [0, 0.05) is 12.1 Å². The highest BCUT2D eigenvalue weighted by molar-refractivity contribution is 6.32. The van der Waals surface area contributed by atoms with Crippen molar-refractivity contribution in [1.29, 1.82) is 0 Å². The van der Waals surface area contributed by atoms with Crippen molar-refractivity contribution in [2.45, 2.75) is 18.6 Å². The van der Waals surface area contributed by atoms with Crippen LogP contribution in [0.3, 0.4) is 0 Å². The van der Waals surface area contributed by atoms with Crippen molar-refractivity contribution in [2.75, 3.05) is 18.5 Å². The van der Waals surface area contributed by atoms with Gasteiger partial charge >= 0.3 is 6.18 Å². The van der Waals surface area contributed by atoms with E-state index >= 15 is 0 Å². The number of halogens is 4. The van der Waals surface area contributed by atoms with Gasteiger partial charge in [0.25, 0.3) is 0 Å². The Labute approximate surface area is 193 Å². The lowest BCUT2D eigenvalue weighted by Gasteiger charge is -2.18. The quantitative estimate of drug-likeness (QED) is 0.429. The summed E-state index contributed by atoms with van der Waals surface area (Å²) in [5.74, 6) is -1.36. The van der Waals surface area contributed by atoms with Crippen molar-refractivity contribution in [3.8, 4) is 16.9 Å². The summed E-state index contributed by atoms with van der Waals surface area (Å²) in [6.07, 6.45) is -4.40. The van der Waals surface area contributed by atoms with Gasteiger partial charge in [0.2, 0.25) is 5.91 Å². The van der Waals surface area contributed by atoms with Crippen LogP contribution >= 0.6 is 11.6 Å². The smallest absolute Gasteiger partial charge is 0.420 e. The van der Waals surface area contributed by atoms with E-state index in [1.165, 1.54) is 0 Å². The molecule has 0 aliphatic rings. The van der Waals surface area contributed by atoms with Crippen LogP contribution in [0, 0.1) is 0 Å². The molecule has 0 unspecified atom stereocenters. The van der Waals surface area contributed by atoms with Gasteiger partial charge in [-0.2, -0.15) is 13.2 Å². The van der Waals surface area contributed by atoms with Crippen LogP contribution in [0.4, 0.5) is 18.9 Å². The average molecular weight is 479 g/mol. The molecule has 0 aliphatic heterocycles. The lowest BCUT2D eigenvalue weighted by molar-refractivity contribution is -0.139. The molecule has 0 saturated heterocycles. The molecule has 0 heterocycles. The Hall–Kier alpha value is -3.07. The molecule has 174 valence electrons. The largest absolute Gasteiger partial charge is 0.491 e. The highest BCUT2D eigenvalue weighted by Gasteiger charge is 2.36. The molecule has 3 aromatic carbocycles. The zero-order valence-electron chi connectivity index (χ0n) is 17.4. The lowest BCUT2D eigenvalue weighted by Crippen LogP contribution is -2.38. The predicted molar refractivity (Wildman–Crippen MR) is 121 cm³/mol. The number of aliphatic hydroxyl groups excluding tert-OH is 1. The summed E-state index contributed by atoms with van der Waals surface area (Å²) in [5.41, 5.74) is 7.03. The van der Waals surface area contributed by atoms with Gasteiger partial charge < -0.3 is 20.9 Å². The molecule has 0 saturated carbocycles. The monoisotopic (exact) mass is 478 g/mol. The predicted octanol–water partition coefficient (Wildman–Crippen LogP) is 4.91. The third-order valence-corrected chi connectivity index (χ3v) is 5.13. The van der Waals surface area contributed by atoms with Gasteiger partial charge in [0.1, 0.15) is 17.4 Å². The fraction of sp³-hybridized carbons (Fsp3) is 0.208. The number of rotatable bonds is 8. The van der Waals surface area contributed by atoms with E-state index in [1.807, 2.05) is 54.6 Å². The van der Waals surface area contributed by atoms with E-state index in [0.717, 1.165) is 28.8 Å². The van der Waals surface area contributed by atoms with Crippen LogP contribution in [-0.2, 0) is 17.4 Å². The summed E-state index contributed by atoms with van der Waals surface area (Å²) in [4.78, 5) is 11.8. The van der Waals surface area contributed by atoms with Gasteiger partial charge in [-0.25, -0.2) is 0 Å². The molecular formula is C24H22ClF3N2O3. The van der Waals surface area contributed by atoms with Crippen molar-refractivity contribution in [2.24, 2.45) is 5.73 Å². The molecular weight excluding hydrogens is 457 g/mol. The Balaban J connectivity index is 1.71. The SMILES string of the molecule is N[C@@H](CO)C(=O)Nc1cc(Cl)c(OCCc2ccc(-c3ccccc3)cc2)c(C(F)(F)F)c1. The molecule has 3 aromatic rings. The fourth-order valence-electron chi connectivity index (χ4n) is 3.11. The molecule has 9 heteroatoms. The summed E-state index contributed by atoms with van der Waals surface area (Å²) >= 11 is 6.05. The first-order chi connectivity index (χ1) is 15.7. The first-order valence-electron chi connectivity index (χ1n) is 10.0. The summed E-state index contributed by atoms with van der Waals surface area (Å²) in [6.45, 7) is -0.687. The number of hydrogen-bond acceptors (Lipinski definition) is 4. The van der Waals surface area contributed by atoms with Gasteiger partial charge in [-0.05, 0) is 28.8 Å². The van der Waals surface area contributed by atoms with Crippen molar-refractivity contribution in [3.05, 3.63) is 82.9 Å². The second-order valence-electron chi connectivity index (χ2n) is 7.27. The zero-order valence-corrected chi connectivity index (χ0v) is 18.2. The number of anilines is 1. The maximum absolute atomic E-state index is 13.6. The lowest BCUT2D eigenvalue weighted by atomic mass is 10.0. The maximum atomic E-state index is 13.6. The highest BCUT2D eigenvalue weighted by atomic mass is 35.5. The third kappa shape index (κ3) is 6.47. The molecule has 0 fully saturated rings. The van der Waals surface area contributed by atoms with Crippen molar-refractivity contribution in [1.82, 2.24) is 0 Å². The molecule has 3 rings (SSSR count). The first kappa shape index (κ1) is 24.6. The molecule has 33 heavy (non-hydrogen) atoms. The normalized spacial score (nSPS) is 12.3. The molecule has 0 radical (unpaired) electrons. The molecule has 0 spiro atoms. The minimum atomic E-state index is -4.77. The molecule has 0 aliphatic carbocycles. The molecule has 1 amide bonds. The second kappa shape index (κ2) is 10.7. The molecule has 1 atom stereocenters. The van der Waals surface area contributed by atoms with Gasteiger partial charge in [-0.15, -0.1) is 0 Å². The number of nitrogens with two attached hydrogens (primary N) is 1. The minimum Gasteiger partial charge on any atom is -0.491 e. The van der Waals surface area contributed by atoms with Crippen LogP contribution < -0.4 is 15.8 Å². The second-order valence-corrected chi connectivity index (χ2v) is 7.68. The van der Waals surface area contributed by atoms with Crippen molar-refractivity contribution >= 4 is 23.2 Å². The van der Waals surface area contributed by atoms with Gasteiger partial charge in [-0.3, -0.25) is 4.79 Å². The topological polar surface area (TPSA) is 84.6 Å². The summed E-state index contributed by atoms with van der Waals surface area (Å²) < 4.78 is 46.2. The summed E-state index contributed by atoms with van der Waals surface area (Å²) in [6, 6.07) is 18.0. The number of hydrogen-bond donors (Lipinski definition) is 3. The maximum Gasteiger partial charge on any atom is 0.420 e. The molecule has 0 bridgehead atoms. The number of carbonyl (C=O) groups is 1.